The maximum absolute atomic E-state index is 11.5. The van der Waals surface area contributed by atoms with Crippen LogP contribution in [0, 0.1) is 0 Å². The van der Waals surface area contributed by atoms with Crippen molar-refractivity contribution in [1.29, 1.82) is 0 Å². The van der Waals surface area contributed by atoms with E-state index in [4.69, 9.17) is 4.74 Å². The number of methoxy groups -OCH3 is 1. The Morgan fingerprint density at radius 1 is 1.71 bits per heavy atom. The Morgan fingerprint density at radius 3 is 3.00 bits per heavy atom. The molecule has 0 aliphatic heterocycles. The zero-order valence-corrected chi connectivity index (χ0v) is 8.36. The predicted octanol–water partition coefficient (Wildman–Crippen LogP) is 1.19. The van der Waals surface area contributed by atoms with Gasteiger partial charge in [0.15, 0.2) is 0 Å². The zero-order valence-electron chi connectivity index (χ0n) is 8.36. The van der Waals surface area contributed by atoms with Crippen LogP contribution >= 0.6 is 0 Å². The monoisotopic (exact) mass is 194 g/mol. The van der Waals surface area contributed by atoms with E-state index in [-0.39, 0.29) is 12.1 Å². The molecule has 0 bridgehead atoms. The van der Waals surface area contributed by atoms with Crippen LogP contribution in [0.2, 0.25) is 0 Å². The number of amides is 1. The zero-order chi connectivity index (χ0) is 10.4. The summed E-state index contributed by atoms with van der Waals surface area (Å²) in [4.78, 5) is 15.4. The van der Waals surface area contributed by atoms with Gasteiger partial charge in [-0.05, 0) is 18.6 Å². The maximum atomic E-state index is 11.5. The van der Waals surface area contributed by atoms with Crippen molar-refractivity contribution < 1.29 is 9.53 Å². The minimum atomic E-state index is -0.234. The summed E-state index contributed by atoms with van der Waals surface area (Å²) in [7, 11) is 1.57. The highest BCUT2D eigenvalue weighted by Crippen LogP contribution is 1.98. The number of carbonyl (C=O) groups excluding carboxylic acids is 1. The van der Waals surface area contributed by atoms with Crippen LogP contribution in [-0.4, -0.2) is 24.2 Å². The van der Waals surface area contributed by atoms with Gasteiger partial charge in [0.1, 0.15) is 6.23 Å². The number of hydrogen-bond donors (Lipinski definition) is 1. The van der Waals surface area contributed by atoms with E-state index >= 15 is 0 Å². The number of ether oxygens (including phenoxy) is 1. The van der Waals surface area contributed by atoms with Gasteiger partial charge in [0.25, 0.3) is 5.91 Å². The molecule has 0 radical (unpaired) electrons. The van der Waals surface area contributed by atoms with Crippen LogP contribution in [-0.2, 0) is 4.74 Å². The lowest BCUT2D eigenvalue weighted by atomic mass is 10.2. The van der Waals surface area contributed by atoms with Gasteiger partial charge in [0.2, 0.25) is 0 Å². The molecular weight excluding hydrogens is 180 g/mol. The van der Waals surface area contributed by atoms with Gasteiger partial charge >= 0.3 is 0 Å². The van der Waals surface area contributed by atoms with E-state index in [0.717, 1.165) is 6.42 Å². The fraction of sp³-hybridized carbons (Fsp3) is 0.400. The first kappa shape index (κ1) is 10.7. The number of nitrogens with zero attached hydrogens (tertiary/aromatic N) is 1. The van der Waals surface area contributed by atoms with Crippen molar-refractivity contribution in [2.45, 2.75) is 19.6 Å². The van der Waals surface area contributed by atoms with Gasteiger partial charge in [-0.25, -0.2) is 0 Å². The first-order chi connectivity index (χ1) is 6.77. The summed E-state index contributed by atoms with van der Waals surface area (Å²) in [6.45, 7) is 1.94. The lowest BCUT2D eigenvalue weighted by molar-refractivity contribution is 0.0562. The number of nitrogens with one attached hydrogen (secondary N) is 1. The molecular formula is C10H14N2O2. The molecule has 0 spiro atoms. The second-order valence-corrected chi connectivity index (χ2v) is 2.85. The molecule has 76 valence electrons. The van der Waals surface area contributed by atoms with Crippen molar-refractivity contribution in [2.75, 3.05) is 7.11 Å². The molecule has 1 aromatic heterocycles. The lowest BCUT2D eigenvalue weighted by Gasteiger charge is -2.14. The van der Waals surface area contributed by atoms with E-state index < -0.39 is 0 Å². The molecule has 0 saturated heterocycles. The molecule has 1 heterocycles. The first-order valence-corrected chi connectivity index (χ1v) is 4.51. The topological polar surface area (TPSA) is 51.2 Å². The van der Waals surface area contributed by atoms with Gasteiger partial charge in [-0.1, -0.05) is 6.92 Å². The average Bonchev–Trinajstić information content (AvgIpc) is 2.26. The highest BCUT2D eigenvalue weighted by Gasteiger charge is 2.10. The van der Waals surface area contributed by atoms with Gasteiger partial charge in [0, 0.05) is 19.5 Å². The van der Waals surface area contributed by atoms with Crippen molar-refractivity contribution in [1.82, 2.24) is 10.3 Å². The number of hydrogen-bond acceptors (Lipinski definition) is 3. The van der Waals surface area contributed by atoms with E-state index in [9.17, 15) is 4.79 Å². The molecule has 1 atom stereocenters. The molecule has 0 aliphatic carbocycles. The average molecular weight is 194 g/mol. The van der Waals surface area contributed by atoms with Gasteiger partial charge < -0.3 is 10.1 Å². The number of pyridine rings is 1. The number of carbonyl (C=O) groups is 1. The predicted molar refractivity (Wildman–Crippen MR) is 52.8 cm³/mol. The molecule has 1 unspecified atom stereocenters. The molecule has 4 nitrogen and oxygen atoms in total. The summed E-state index contributed by atoms with van der Waals surface area (Å²) in [5.41, 5.74) is 0.544. The Labute approximate surface area is 83.3 Å². The minimum Gasteiger partial charge on any atom is -0.362 e. The molecule has 0 aromatic carbocycles. The Kier molecular flexibility index (Phi) is 4.07. The van der Waals surface area contributed by atoms with Crippen molar-refractivity contribution in [3.63, 3.8) is 0 Å². The van der Waals surface area contributed by atoms with Gasteiger partial charge in [-0.15, -0.1) is 0 Å². The van der Waals surface area contributed by atoms with Crippen LogP contribution in [0.25, 0.3) is 0 Å². The molecule has 14 heavy (non-hydrogen) atoms. The summed E-state index contributed by atoms with van der Waals surface area (Å²) in [5, 5.41) is 2.73. The molecule has 1 amide bonds. The molecule has 0 saturated carbocycles. The molecule has 4 heteroatoms. The van der Waals surface area contributed by atoms with E-state index in [2.05, 4.69) is 10.3 Å². The minimum absolute atomic E-state index is 0.160. The summed E-state index contributed by atoms with van der Waals surface area (Å²) >= 11 is 0. The maximum Gasteiger partial charge on any atom is 0.254 e. The Bertz CT molecular complexity index is 283. The third-order valence-corrected chi connectivity index (χ3v) is 1.87. The molecule has 1 rings (SSSR count). The summed E-state index contributed by atoms with van der Waals surface area (Å²) in [5.74, 6) is -0.160. The molecule has 0 aliphatic rings. The number of aromatic nitrogens is 1. The van der Waals surface area contributed by atoms with Gasteiger partial charge in [0.05, 0.1) is 5.56 Å². The molecule has 1 aromatic rings. The Hall–Kier alpha value is -1.42. The summed E-state index contributed by atoms with van der Waals surface area (Å²) < 4.78 is 5.04. The second-order valence-electron chi connectivity index (χ2n) is 2.85. The van der Waals surface area contributed by atoms with Gasteiger partial charge in [-0.2, -0.15) is 0 Å². The normalized spacial score (nSPS) is 12.1. The standard InChI is InChI=1S/C10H14N2O2/c1-3-9(14-2)12-10(13)8-5-4-6-11-7-8/h4-7,9H,3H2,1-2H3,(H,12,13). The van der Waals surface area contributed by atoms with E-state index in [1.54, 1.807) is 25.4 Å². The van der Waals surface area contributed by atoms with Crippen LogP contribution in [0.15, 0.2) is 24.5 Å². The van der Waals surface area contributed by atoms with E-state index in [1.807, 2.05) is 6.92 Å². The van der Waals surface area contributed by atoms with Crippen molar-refractivity contribution in [3.05, 3.63) is 30.1 Å². The fourth-order valence-corrected chi connectivity index (χ4v) is 1.05. The smallest absolute Gasteiger partial charge is 0.254 e. The molecule has 1 N–H and O–H groups in total. The summed E-state index contributed by atoms with van der Waals surface area (Å²) in [6.07, 6.45) is 3.66. The van der Waals surface area contributed by atoms with Crippen LogP contribution in [0.4, 0.5) is 0 Å². The third-order valence-electron chi connectivity index (χ3n) is 1.87. The largest absolute Gasteiger partial charge is 0.362 e. The Balaban J connectivity index is 2.59. The van der Waals surface area contributed by atoms with E-state index in [1.165, 1.54) is 6.20 Å². The van der Waals surface area contributed by atoms with Crippen molar-refractivity contribution in [3.8, 4) is 0 Å². The molecule has 0 fully saturated rings. The highest BCUT2D eigenvalue weighted by molar-refractivity contribution is 5.93. The van der Waals surface area contributed by atoms with E-state index in [0.29, 0.717) is 5.56 Å². The first-order valence-electron chi connectivity index (χ1n) is 4.51. The highest BCUT2D eigenvalue weighted by atomic mass is 16.5. The third kappa shape index (κ3) is 2.81. The second kappa shape index (κ2) is 5.34. The van der Waals surface area contributed by atoms with Crippen LogP contribution in [0.1, 0.15) is 23.7 Å². The van der Waals surface area contributed by atoms with Crippen LogP contribution in [0.5, 0.6) is 0 Å². The number of rotatable bonds is 4. The fourth-order valence-electron chi connectivity index (χ4n) is 1.05. The quantitative estimate of drug-likeness (QED) is 0.732. The SMILES string of the molecule is CCC(NC(=O)c1cccnc1)OC. The van der Waals surface area contributed by atoms with Crippen molar-refractivity contribution in [2.24, 2.45) is 0 Å². The van der Waals surface area contributed by atoms with Gasteiger partial charge in [-0.3, -0.25) is 9.78 Å². The van der Waals surface area contributed by atoms with Crippen LogP contribution in [0.3, 0.4) is 0 Å². The van der Waals surface area contributed by atoms with Crippen molar-refractivity contribution >= 4 is 5.91 Å². The summed E-state index contributed by atoms with van der Waals surface area (Å²) in [6, 6.07) is 3.44. The Morgan fingerprint density at radius 2 is 2.50 bits per heavy atom. The lowest BCUT2D eigenvalue weighted by Crippen LogP contribution is -2.35. The van der Waals surface area contributed by atoms with Crippen LogP contribution < -0.4 is 5.32 Å².